The number of carbonyl (C=O) groups excluding carboxylic acids is 7. The molecule has 2 heterocycles. The van der Waals surface area contributed by atoms with E-state index in [1.165, 1.54) is 13.2 Å². The van der Waals surface area contributed by atoms with E-state index in [0.29, 0.717) is 56.0 Å². The number of epoxide rings is 1. The Kier molecular flexibility index (Phi) is 27.5. The van der Waals surface area contributed by atoms with Crippen LogP contribution in [0.4, 0.5) is 0 Å². The molecule has 0 radical (unpaired) electrons. The Morgan fingerprint density at radius 1 is 0.846 bits per heavy atom. The standard InChI is InChI=1S/C56H83ClN6O15/c1-34(2)29-45-54(69)76-43(11-10-12-47(65)62-42(31-38-15-19-44(72-9)40(57)30-38)52(67)61-33-56(6,7)55(70)77-45)36(5)49-50(78-49)39-16-13-37(14-17-39)32-60-51(66)41(63-53(68)48(58)35(3)4)18-20-46(64)59-21-22-73-25-26-75-28-27-74-24-23-71-8/h10,12-17,19,30,34-36,41-43,45,48-50H,11,18,20-29,31-33,58H2,1-9H3,(H,59,64)(H,60,66)(H,61,67)(H,62,65)(H,63,68)/b12-10-/t36-,41-,42+,43-,45-,48-,49+,50+/m0/s1. The second-order valence-electron chi connectivity index (χ2n) is 20.9. The number of hydrogen-bond donors (Lipinski definition) is 6. The SMILES string of the molecule is COCCOCCOCCOCCNC(=O)CC[C@H](NC(=O)[C@@H](N)C(C)C)C(=O)NCc1ccc([C@H]2O[C@@H]2[C@@H](C)[C@@H]2C/C=C\C(=O)N[C@H](Cc3ccc(OC)c(Cl)c3)C(=O)NCC(C)(C)C(=O)O[C@@H](CC(C)C)C(=O)O2)cc1. The van der Waals surface area contributed by atoms with Gasteiger partial charge >= 0.3 is 11.9 Å². The zero-order chi connectivity index (χ0) is 57.4. The Labute approximate surface area is 463 Å². The third-order valence-corrected chi connectivity index (χ3v) is 13.4. The lowest BCUT2D eigenvalue weighted by atomic mass is 9.92. The number of rotatable bonds is 29. The Morgan fingerprint density at radius 3 is 2.13 bits per heavy atom. The van der Waals surface area contributed by atoms with Gasteiger partial charge in [0.25, 0.3) is 0 Å². The minimum absolute atomic E-state index is 0.0223. The molecule has 1 saturated heterocycles. The van der Waals surface area contributed by atoms with Crippen molar-refractivity contribution in [1.82, 2.24) is 26.6 Å². The molecule has 5 amide bonds. The number of benzene rings is 2. The quantitative estimate of drug-likeness (QED) is 0.0384. The molecule has 0 unspecified atom stereocenters. The Morgan fingerprint density at radius 2 is 1.50 bits per heavy atom. The number of carbonyl (C=O) groups is 7. The molecule has 2 aliphatic heterocycles. The molecule has 8 atom stereocenters. The summed E-state index contributed by atoms with van der Waals surface area (Å²) in [5, 5.41) is 14.2. The van der Waals surface area contributed by atoms with E-state index in [1.807, 2.05) is 45.0 Å². The highest BCUT2D eigenvalue weighted by Gasteiger charge is 2.48. The van der Waals surface area contributed by atoms with Crippen molar-refractivity contribution in [2.24, 2.45) is 28.9 Å². The fourth-order valence-electron chi connectivity index (χ4n) is 8.11. The summed E-state index contributed by atoms with van der Waals surface area (Å²) in [7, 11) is 3.09. The summed E-state index contributed by atoms with van der Waals surface area (Å²) >= 11 is 6.38. The predicted octanol–water partition coefficient (Wildman–Crippen LogP) is 3.80. The van der Waals surface area contributed by atoms with Crippen molar-refractivity contribution in [1.29, 1.82) is 0 Å². The molecule has 0 spiro atoms. The van der Waals surface area contributed by atoms with Crippen molar-refractivity contribution in [3.05, 3.63) is 76.3 Å². The number of methoxy groups -OCH3 is 2. The minimum Gasteiger partial charge on any atom is -0.495 e. The maximum atomic E-state index is 14.0. The molecule has 78 heavy (non-hydrogen) atoms. The Balaban J connectivity index is 1.39. The van der Waals surface area contributed by atoms with Crippen LogP contribution in [0.25, 0.3) is 0 Å². The Bertz CT molecular complexity index is 2300. The molecule has 4 rings (SSSR count). The first-order chi connectivity index (χ1) is 37.1. The van der Waals surface area contributed by atoms with Gasteiger partial charge in [-0.2, -0.15) is 0 Å². The first-order valence-electron chi connectivity index (χ1n) is 26.7. The van der Waals surface area contributed by atoms with Crippen molar-refractivity contribution in [3.63, 3.8) is 0 Å². The molecular weight excluding hydrogens is 1030 g/mol. The maximum absolute atomic E-state index is 14.0. The number of ether oxygens (including phenoxy) is 8. The van der Waals surface area contributed by atoms with E-state index in [-0.39, 0.29) is 82.2 Å². The first kappa shape index (κ1) is 64.8. The van der Waals surface area contributed by atoms with Gasteiger partial charge in [0.15, 0.2) is 6.10 Å². The average molecular weight is 1120 g/mol. The van der Waals surface area contributed by atoms with Crippen LogP contribution in [0.2, 0.25) is 5.02 Å². The van der Waals surface area contributed by atoms with Crippen molar-refractivity contribution >= 4 is 53.1 Å². The highest BCUT2D eigenvalue weighted by atomic mass is 35.5. The number of hydrogen-bond acceptors (Lipinski definition) is 16. The Hall–Kier alpha value is -5.68. The molecule has 7 N–H and O–H groups in total. The smallest absolute Gasteiger partial charge is 0.347 e. The highest BCUT2D eigenvalue weighted by molar-refractivity contribution is 6.32. The van der Waals surface area contributed by atoms with Crippen LogP contribution in [-0.2, 0) is 79.7 Å². The lowest BCUT2D eigenvalue weighted by Crippen LogP contribution is -2.53. The van der Waals surface area contributed by atoms with Crippen LogP contribution in [0.1, 0.15) is 96.9 Å². The topological polar surface area (TPSA) is 283 Å². The fourth-order valence-corrected chi connectivity index (χ4v) is 8.39. The fraction of sp³-hybridized carbons (Fsp3) is 0.625. The summed E-state index contributed by atoms with van der Waals surface area (Å²) in [6.07, 6.45) is 0.278. The lowest BCUT2D eigenvalue weighted by molar-refractivity contribution is -0.179. The third kappa shape index (κ3) is 22.2. The van der Waals surface area contributed by atoms with E-state index in [1.54, 1.807) is 59.1 Å². The minimum atomic E-state index is -1.28. The second kappa shape index (κ2) is 33.0. The van der Waals surface area contributed by atoms with Gasteiger partial charge in [-0.15, -0.1) is 0 Å². The normalized spacial score (nSPS) is 21.5. The van der Waals surface area contributed by atoms with Gasteiger partial charge in [-0.3, -0.25) is 28.8 Å². The monoisotopic (exact) mass is 1110 g/mol. The number of amides is 5. The molecule has 0 aliphatic carbocycles. The lowest BCUT2D eigenvalue weighted by Gasteiger charge is -2.29. The van der Waals surface area contributed by atoms with E-state index in [2.05, 4.69) is 26.6 Å². The third-order valence-electron chi connectivity index (χ3n) is 13.1. The molecule has 2 aliphatic rings. The molecule has 2 aromatic carbocycles. The summed E-state index contributed by atoms with van der Waals surface area (Å²) in [5.74, 6) is -4.12. The van der Waals surface area contributed by atoms with Crippen molar-refractivity contribution in [3.8, 4) is 5.75 Å². The van der Waals surface area contributed by atoms with Crippen molar-refractivity contribution in [2.45, 2.75) is 130 Å². The summed E-state index contributed by atoms with van der Waals surface area (Å²) in [5.41, 5.74) is 7.04. The van der Waals surface area contributed by atoms with Crippen LogP contribution in [0, 0.1) is 23.2 Å². The molecule has 22 heteroatoms. The van der Waals surface area contributed by atoms with Crippen molar-refractivity contribution in [2.75, 3.05) is 73.6 Å². The number of nitrogens with one attached hydrogen (secondary N) is 5. The van der Waals surface area contributed by atoms with Crippen LogP contribution in [0.3, 0.4) is 0 Å². The van der Waals surface area contributed by atoms with Gasteiger partial charge < -0.3 is 70.2 Å². The van der Waals surface area contributed by atoms with Crippen LogP contribution in [0.15, 0.2) is 54.6 Å². The van der Waals surface area contributed by atoms with Gasteiger partial charge in [-0.05, 0) is 73.4 Å². The molecule has 0 saturated carbocycles. The zero-order valence-electron chi connectivity index (χ0n) is 46.7. The molecule has 0 aromatic heterocycles. The van der Waals surface area contributed by atoms with Gasteiger partial charge in [-0.25, -0.2) is 4.79 Å². The van der Waals surface area contributed by atoms with Gasteiger partial charge in [0.05, 0.1) is 75.9 Å². The number of halogens is 1. The second-order valence-corrected chi connectivity index (χ2v) is 21.3. The largest absolute Gasteiger partial charge is 0.495 e. The molecular formula is C56H83ClN6O15. The van der Waals surface area contributed by atoms with E-state index < -0.39 is 83.3 Å². The number of cyclic esters (lactones) is 2. The summed E-state index contributed by atoms with van der Waals surface area (Å²) < 4.78 is 44.7. The van der Waals surface area contributed by atoms with E-state index in [4.69, 9.17) is 55.2 Å². The summed E-state index contributed by atoms with van der Waals surface area (Å²) in [6.45, 7) is 15.5. The predicted molar refractivity (Wildman–Crippen MR) is 290 cm³/mol. The van der Waals surface area contributed by atoms with Crippen LogP contribution in [-0.4, -0.2) is 151 Å². The highest BCUT2D eigenvalue weighted by Crippen LogP contribution is 2.45. The average Bonchev–Trinajstić information content (AvgIpc) is 4.21. The van der Waals surface area contributed by atoms with E-state index in [0.717, 1.165) is 11.1 Å². The molecule has 434 valence electrons. The number of esters is 2. The van der Waals surface area contributed by atoms with Gasteiger partial charge in [-0.1, -0.05) is 82.6 Å². The first-order valence-corrected chi connectivity index (χ1v) is 27.1. The van der Waals surface area contributed by atoms with E-state index >= 15 is 0 Å². The molecule has 2 aromatic rings. The van der Waals surface area contributed by atoms with Gasteiger partial charge in [0, 0.05) is 51.9 Å². The summed E-state index contributed by atoms with van der Waals surface area (Å²) in [4.78, 5) is 94.1. The van der Waals surface area contributed by atoms with Gasteiger partial charge in [0.2, 0.25) is 29.5 Å². The van der Waals surface area contributed by atoms with Crippen LogP contribution < -0.4 is 37.1 Å². The van der Waals surface area contributed by atoms with Crippen LogP contribution >= 0.6 is 11.6 Å². The molecule has 21 nitrogen and oxygen atoms in total. The van der Waals surface area contributed by atoms with Crippen LogP contribution in [0.5, 0.6) is 5.75 Å². The number of nitrogens with two attached hydrogens (primary N) is 1. The maximum Gasteiger partial charge on any atom is 0.347 e. The molecule has 1 fully saturated rings. The van der Waals surface area contributed by atoms with Crippen molar-refractivity contribution < 1.29 is 71.5 Å². The zero-order valence-corrected chi connectivity index (χ0v) is 47.4. The van der Waals surface area contributed by atoms with E-state index in [9.17, 15) is 33.6 Å². The molecule has 0 bridgehead atoms. The van der Waals surface area contributed by atoms with Gasteiger partial charge in [0.1, 0.15) is 30.0 Å². The summed E-state index contributed by atoms with van der Waals surface area (Å²) in [6, 6.07) is 9.48.